The van der Waals surface area contributed by atoms with Crippen molar-refractivity contribution in [3.8, 4) is 11.5 Å². The van der Waals surface area contributed by atoms with Crippen LogP contribution in [0, 0.1) is 6.92 Å². The fourth-order valence-electron chi connectivity index (χ4n) is 2.46. The molecule has 3 aromatic rings. The van der Waals surface area contributed by atoms with E-state index in [9.17, 15) is 4.79 Å². The van der Waals surface area contributed by atoms with E-state index in [-0.39, 0.29) is 12.5 Å². The van der Waals surface area contributed by atoms with Crippen molar-refractivity contribution in [3.63, 3.8) is 0 Å². The first kappa shape index (κ1) is 19.5. The van der Waals surface area contributed by atoms with Crippen LogP contribution >= 0.6 is 11.6 Å². The predicted molar refractivity (Wildman–Crippen MR) is 107 cm³/mol. The molecule has 0 fully saturated rings. The Morgan fingerprint density at radius 3 is 2.71 bits per heavy atom. The molecule has 146 valence electrons. The summed E-state index contributed by atoms with van der Waals surface area (Å²) in [6.07, 6.45) is 1.41. The van der Waals surface area contributed by atoms with Crippen LogP contribution in [0.15, 0.2) is 42.7 Å². The van der Waals surface area contributed by atoms with E-state index in [4.69, 9.17) is 21.1 Å². The van der Waals surface area contributed by atoms with Gasteiger partial charge in [0, 0.05) is 12.2 Å². The van der Waals surface area contributed by atoms with Crippen LogP contribution in [0.2, 0.25) is 5.02 Å². The third kappa shape index (κ3) is 5.14. The number of aromatic nitrogens is 3. The van der Waals surface area contributed by atoms with Crippen LogP contribution in [0.3, 0.4) is 0 Å². The van der Waals surface area contributed by atoms with E-state index in [2.05, 4.69) is 25.8 Å². The van der Waals surface area contributed by atoms with Crippen LogP contribution < -0.4 is 20.1 Å². The highest BCUT2D eigenvalue weighted by Crippen LogP contribution is 2.36. The summed E-state index contributed by atoms with van der Waals surface area (Å²) in [5.41, 5.74) is 2.67. The van der Waals surface area contributed by atoms with E-state index in [1.54, 1.807) is 12.1 Å². The molecule has 2 aromatic carbocycles. The summed E-state index contributed by atoms with van der Waals surface area (Å²) in [7, 11) is 1.51. The third-order valence-electron chi connectivity index (χ3n) is 3.85. The Morgan fingerprint density at radius 1 is 1.25 bits per heavy atom. The number of anilines is 2. The zero-order valence-corrected chi connectivity index (χ0v) is 16.2. The minimum Gasteiger partial charge on any atom is -0.493 e. The lowest BCUT2D eigenvalue weighted by molar-refractivity contribution is -0.118. The number of ether oxygens (including phenoxy) is 2. The van der Waals surface area contributed by atoms with Gasteiger partial charge in [-0.3, -0.25) is 4.79 Å². The average Bonchev–Trinajstić information content (AvgIpc) is 3.20. The van der Waals surface area contributed by atoms with Gasteiger partial charge < -0.3 is 20.1 Å². The molecule has 0 atom stereocenters. The number of benzene rings is 2. The average molecular weight is 402 g/mol. The molecule has 1 heterocycles. The fraction of sp³-hybridized carbons (Fsp3) is 0.211. The molecule has 0 aliphatic heterocycles. The topological polar surface area (TPSA) is 101 Å². The molecule has 0 aliphatic carbocycles. The Kier molecular flexibility index (Phi) is 6.33. The lowest BCUT2D eigenvalue weighted by Gasteiger charge is -2.14. The van der Waals surface area contributed by atoms with E-state index in [1.807, 2.05) is 31.2 Å². The van der Waals surface area contributed by atoms with Gasteiger partial charge in [-0.2, -0.15) is 5.10 Å². The summed E-state index contributed by atoms with van der Waals surface area (Å²) in [5, 5.41) is 12.7. The molecule has 0 saturated carbocycles. The van der Waals surface area contributed by atoms with E-state index < -0.39 is 0 Å². The summed E-state index contributed by atoms with van der Waals surface area (Å²) in [6.45, 7) is 2.24. The summed E-state index contributed by atoms with van der Waals surface area (Å²) in [4.78, 5) is 16.1. The first-order valence-electron chi connectivity index (χ1n) is 8.50. The number of halogens is 1. The smallest absolute Gasteiger partial charge is 0.262 e. The van der Waals surface area contributed by atoms with Crippen molar-refractivity contribution in [2.24, 2.45) is 0 Å². The van der Waals surface area contributed by atoms with Crippen molar-refractivity contribution in [3.05, 3.63) is 58.9 Å². The van der Waals surface area contributed by atoms with Gasteiger partial charge in [0.15, 0.2) is 18.1 Å². The number of hydrogen-bond acceptors (Lipinski definition) is 6. The Morgan fingerprint density at radius 2 is 2.04 bits per heavy atom. The fourth-order valence-corrected chi connectivity index (χ4v) is 2.75. The highest BCUT2D eigenvalue weighted by Gasteiger charge is 2.14. The zero-order chi connectivity index (χ0) is 19.9. The molecule has 8 nitrogen and oxygen atoms in total. The van der Waals surface area contributed by atoms with Gasteiger partial charge in [-0.1, -0.05) is 29.3 Å². The number of amides is 1. The van der Waals surface area contributed by atoms with Gasteiger partial charge in [0.05, 0.1) is 12.1 Å². The Labute approximate surface area is 167 Å². The Hall–Kier alpha value is -3.26. The largest absolute Gasteiger partial charge is 0.493 e. The number of H-pyrrole nitrogens is 1. The lowest BCUT2D eigenvalue weighted by atomic mass is 10.2. The van der Waals surface area contributed by atoms with E-state index in [0.29, 0.717) is 34.7 Å². The predicted octanol–water partition coefficient (Wildman–Crippen LogP) is 3.40. The van der Waals surface area contributed by atoms with Gasteiger partial charge in [-0.25, -0.2) is 10.1 Å². The van der Waals surface area contributed by atoms with Crippen molar-refractivity contribution in [2.45, 2.75) is 13.5 Å². The van der Waals surface area contributed by atoms with Crippen molar-refractivity contribution < 1.29 is 14.3 Å². The van der Waals surface area contributed by atoms with E-state index in [1.165, 1.54) is 13.4 Å². The Bertz CT molecular complexity index is 929. The number of rotatable bonds is 8. The molecule has 3 rings (SSSR count). The monoisotopic (exact) mass is 401 g/mol. The van der Waals surface area contributed by atoms with Crippen LogP contribution in [0.1, 0.15) is 11.1 Å². The molecule has 0 unspecified atom stereocenters. The molecule has 28 heavy (non-hydrogen) atoms. The van der Waals surface area contributed by atoms with Crippen molar-refractivity contribution >= 4 is 29.1 Å². The number of carbonyl (C=O) groups excluding carboxylic acids is 1. The second-order valence-electron chi connectivity index (χ2n) is 6.00. The summed E-state index contributed by atoms with van der Waals surface area (Å²) in [6, 6.07) is 11.0. The number of aromatic amines is 1. The van der Waals surface area contributed by atoms with Gasteiger partial charge in [0.1, 0.15) is 6.33 Å². The van der Waals surface area contributed by atoms with Crippen LogP contribution in [-0.4, -0.2) is 34.8 Å². The molecule has 0 aliphatic rings. The lowest BCUT2D eigenvalue weighted by Crippen LogP contribution is -2.20. The van der Waals surface area contributed by atoms with Gasteiger partial charge in [-0.15, -0.1) is 0 Å². The maximum atomic E-state index is 12.1. The third-order valence-corrected chi connectivity index (χ3v) is 4.13. The SMILES string of the molecule is COc1cc(CNc2ncn[nH]2)cc(Cl)c1OCC(=O)Nc1ccc(C)cc1. The quantitative estimate of drug-likeness (QED) is 0.534. The number of nitrogens with one attached hydrogen (secondary N) is 3. The van der Waals surface area contributed by atoms with Crippen LogP contribution in [0.4, 0.5) is 11.6 Å². The standard InChI is InChI=1S/C19H20ClN5O3/c1-12-3-5-14(6-4-12)24-17(26)10-28-18-15(20)7-13(8-16(18)27-2)9-21-19-22-11-23-25-19/h3-8,11H,9-10H2,1-2H3,(H,24,26)(H2,21,22,23,25). The number of hydrogen-bond donors (Lipinski definition) is 3. The number of nitrogens with zero attached hydrogens (tertiary/aromatic N) is 2. The summed E-state index contributed by atoms with van der Waals surface area (Å²) < 4.78 is 11.0. The number of carbonyl (C=O) groups is 1. The molecular formula is C19H20ClN5O3. The first-order chi connectivity index (χ1) is 13.5. The number of methoxy groups -OCH3 is 1. The first-order valence-corrected chi connectivity index (χ1v) is 8.88. The molecule has 0 saturated heterocycles. The molecule has 0 spiro atoms. The highest BCUT2D eigenvalue weighted by atomic mass is 35.5. The zero-order valence-electron chi connectivity index (χ0n) is 15.5. The van der Waals surface area contributed by atoms with Gasteiger partial charge in [-0.05, 0) is 36.8 Å². The van der Waals surface area contributed by atoms with Gasteiger partial charge >= 0.3 is 0 Å². The van der Waals surface area contributed by atoms with E-state index in [0.717, 1.165) is 11.1 Å². The maximum absolute atomic E-state index is 12.1. The normalized spacial score (nSPS) is 10.4. The summed E-state index contributed by atoms with van der Waals surface area (Å²) in [5.74, 6) is 0.998. The molecule has 0 radical (unpaired) electrons. The minimum atomic E-state index is -0.293. The molecular weight excluding hydrogens is 382 g/mol. The van der Waals surface area contributed by atoms with Crippen molar-refractivity contribution in [1.29, 1.82) is 0 Å². The van der Waals surface area contributed by atoms with Gasteiger partial charge in [0.2, 0.25) is 5.95 Å². The van der Waals surface area contributed by atoms with Crippen LogP contribution in [0.5, 0.6) is 11.5 Å². The van der Waals surface area contributed by atoms with Crippen molar-refractivity contribution in [2.75, 3.05) is 24.4 Å². The molecule has 3 N–H and O–H groups in total. The summed E-state index contributed by atoms with van der Waals surface area (Å²) >= 11 is 6.33. The highest BCUT2D eigenvalue weighted by molar-refractivity contribution is 6.32. The van der Waals surface area contributed by atoms with E-state index >= 15 is 0 Å². The minimum absolute atomic E-state index is 0.195. The Balaban J connectivity index is 1.62. The van der Waals surface area contributed by atoms with Crippen molar-refractivity contribution in [1.82, 2.24) is 15.2 Å². The van der Waals surface area contributed by atoms with Gasteiger partial charge in [0.25, 0.3) is 5.91 Å². The molecule has 1 amide bonds. The second kappa shape index (κ2) is 9.09. The van der Waals surface area contributed by atoms with Crippen LogP contribution in [0.25, 0.3) is 0 Å². The number of aryl methyl sites for hydroxylation is 1. The maximum Gasteiger partial charge on any atom is 0.262 e. The molecule has 9 heteroatoms. The molecule has 0 bridgehead atoms. The van der Waals surface area contributed by atoms with Crippen LogP contribution in [-0.2, 0) is 11.3 Å². The second-order valence-corrected chi connectivity index (χ2v) is 6.41. The molecule has 1 aromatic heterocycles.